The van der Waals surface area contributed by atoms with E-state index in [0.29, 0.717) is 5.56 Å². The molecule has 0 atom stereocenters. The van der Waals surface area contributed by atoms with E-state index in [2.05, 4.69) is 11.6 Å². The average Bonchev–Trinajstić information content (AvgIpc) is 2.03. The number of hydrogen-bond acceptors (Lipinski definition) is 2. The third-order valence-corrected chi connectivity index (χ3v) is 1.62. The minimum Gasteiger partial charge on any atom is -0.478 e. The summed E-state index contributed by atoms with van der Waals surface area (Å²) < 4.78 is 0. The molecule has 0 aliphatic heterocycles. The monoisotopic (exact) mass is 163 g/mol. The first-order chi connectivity index (χ1) is 5.66. The minimum absolute atomic E-state index is 0.199. The number of rotatable bonds is 2. The molecule has 3 heteroatoms. The Labute approximate surface area is 70.4 Å². The highest BCUT2D eigenvalue weighted by molar-refractivity contribution is 5.92. The van der Waals surface area contributed by atoms with Crippen molar-refractivity contribution in [3.05, 3.63) is 35.7 Å². The molecule has 62 valence electrons. The predicted molar refractivity (Wildman–Crippen MR) is 46.0 cm³/mol. The molecular formula is C9H9NO2. The highest BCUT2D eigenvalue weighted by Gasteiger charge is 2.08. The van der Waals surface area contributed by atoms with Crippen molar-refractivity contribution in [2.24, 2.45) is 0 Å². The van der Waals surface area contributed by atoms with Crippen molar-refractivity contribution >= 4 is 12.0 Å². The molecule has 0 aliphatic carbocycles. The summed E-state index contributed by atoms with van der Waals surface area (Å²) in [5.74, 6) is -0.971. The molecule has 0 saturated heterocycles. The van der Waals surface area contributed by atoms with Gasteiger partial charge in [-0.1, -0.05) is 12.7 Å². The number of aromatic nitrogens is 1. The molecule has 0 unspecified atom stereocenters. The molecule has 1 N–H and O–H groups in total. The summed E-state index contributed by atoms with van der Waals surface area (Å²) in [5, 5.41) is 8.73. The van der Waals surface area contributed by atoms with Crippen molar-refractivity contribution in [2.45, 2.75) is 6.92 Å². The Morgan fingerprint density at radius 3 is 2.75 bits per heavy atom. The fraction of sp³-hybridized carbons (Fsp3) is 0.111. The Bertz CT molecular complexity index is 331. The van der Waals surface area contributed by atoms with Crippen LogP contribution in [0, 0.1) is 6.92 Å². The van der Waals surface area contributed by atoms with Gasteiger partial charge in [0, 0.05) is 12.4 Å². The Morgan fingerprint density at radius 2 is 2.33 bits per heavy atom. The van der Waals surface area contributed by atoms with Crippen molar-refractivity contribution in [2.75, 3.05) is 0 Å². The number of nitrogens with zero attached hydrogens (tertiary/aromatic N) is 1. The topological polar surface area (TPSA) is 50.2 Å². The van der Waals surface area contributed by atoms with Crippen LogP contribution in [-0.2, 0) is 0 Å². The fourth-order valence-corrected chi connectivity index (χ4v) is 1.02. The molecule has 1 heterocycles. The van der Waals surface area contributed by atoms with Gasteiger partial charge in [0.1, 0.15) is 0 Å². The second kappa shape index (κ2) is 3.17. The summed E-state index contributed by atoms with van der Waals surface area (Å²) >= 11 is 0. The number of aromatic carboxylic acids is 1. The maximum atomic E-state index is 10.6. The molecule has 0 fully saturated rings. The summed E-state index contributed by atoms with van der Waals surface area (Å²) in [5.41, 5.74) is 1.66. The first kappa shape index (κ1) is 8.46. The fourth-order valence-electron chi connectivity index (χ4n) is 1.02. The van der Waals surface area contributed by atoms with Gasteiger partial charge in [0.25, 0.3) is 0 Å². The second-order valence-corrected chi connectivity index (χ2v) is 2.43. The summed E-state index contributed by atoms with van der Waals surface area (Å²) in [6.45, 7) is 5.35. The van der Waals surface area contributed by atoms with Crippen LogP contribution in [0.3, 0.4) is 0 Å². The Hall–Kier alpha value is -1.64. The molecule has 1 aromatic rings. The van der Waals surface area contributed by atoms with Crippen LogP contribution in [-0.4, -0.2) is 16.1 Å². The van der Waals surface area contributed by atoms with Crippen LogP contribution >= 0.6 is 0 Å². The zero-order valence-electron chi connectivity index (χ0n) is 6.74. The Balaban J connectivity index is 3.37. The first-order valence-electron chi connectivity index (χ1n) is 3.47. The molecule has 0 radical (unpaired) electrons. The van der Waals surface area contributed by atoms with Crippen LogP contribution in [0.5, 0.6) is 0 Å². The van der Waals surface area contributed by atoms with Crippen molar-refractivity contribution in [3.63, 3.8) is 0 Å². The van der Waals surface area contributed by atoms with E-state index in [9.17, 15) is 4.79 Å². The lowest BCUT2D eigenvalue weighted by Gasteiger charge is -2.02. The van der Waals surface area contributed by atoms with E-state index in [1.54, 1.807) is 13.1 Å². The summed E-state index contributed by atoms with van der Waals surface area (Å²) in [6.07, 6.45) is 4.47. The van der Waals surface area contributed by atoms with E-state index in [1.165, 1.54) is 12.3 Å². The van der Waals surface area contributed by atoms with E-state index in [0.717, 1.165) is 5.56 Å². The summed E-state index contributed by atoms with van der Waals surface area (Å²) in [7, 11) is 0. The molecule has 3 nitrogen and oxygen atoms in total. The molecule has 12 heavy (non-hydrogen) atoms. The number of hydrogen-bond donors (Lipinski definition) is 1. The van der Waals surface area contributed by atoms with Gasteiger partial charge < -0.3 is 5.11 Å². The molecule has 0 bridgehead atoms. The molecule has 0 aliphatic rings. The molecule has 0 spiro atoms. The van der Waals surface area contributed by atoms with Crippen LogP contribution in [0.25, 0.3) is 6.08 Å². The van der Waals surface area contributed by atoms with Gasteiger partial charge in [0.2, 0.25) is 0 Å². The maximum absolute atomic E-state index is 10.6. The van der Waals surface area contributed by atoms with Crippen LogP contribution in [0.2, 0.25) is 0 Å². The second-order valence-electron chi connectivity index (χ2n) is 2.43. The number of carboxylic acids is 1. The first-order valence-corrected chi connectivity index (χ1v) is 3.47. The maximum Gasteiger partial charge on any atom is 0.337 e. The van der Waals surface area contributed by atoms with Gasteiger partial charge >= 0.3 is 5.97 Å². The SMILES string of the molecule is C=Cc1c(C)cncc1C(=O)O. The quantitative estimate of drug-likeness (QED) is 0.722. The van der Waals surface area contributed by atoms with E-state index >= 15 is 0 Å². The van der Waals surface area contributed by atoms with Gasteiger partial charge in [-0.05, 0) is 18.1 Å². The van der Waals surface area contributed by atoms with Gasteiger partial charge in [-0.3, -0.25) is 4.98 Å². The lowest BCUT2D eigenvalue weighted by atomic mass is 10.1. The van der Waals surface area contributed by atoms with E-state index in [4.69, 9.17) is 5.11 Å². The van der Waals surface area contributed by atoms with Crippen LogP contribution in [0.15, 0.2) is 19.0 Å². The van der Waals surface area contributed by atoms with Gasteiger partial charge in [0.05, 0.1) is 5.56 Å². The highest BCUT2D eigenvalue weighted by Crippen LogP contribution is 2.13. The van der Waals surface area contributed by atoms with Gasteiger partial charge in [-0.15, -0.1) is 0 Å². The van der Waals surface area contributed by atoms with Crippen molar-refractivity contribution in [3.8, 4) is 0 Å². The van der Waals surface area contributed by atoms with Crippen LogP contribution in [0.1, 0.15) is 21.5 Å². The molecular weight excluding hydrogens is 154 g/mol. The van der Waals surface area contributed by atoms with E-state index in [-0.39, 0.29) is 5.56 Å². The van der Waals surface area contributed by atoms with Crippen molar-refractivity contribution < 1.29 is 9.90 Å². The minimum atomic E-state index is -0.971. The third-order valence-electron chi connectivity index (χ3n) is 1.62. The number of carboxylic acid groups (broad SMARTS) is 1. The Morgan fingerprint density at radius 1 is 1.67 bits per heavy atom. The summed E-state index contributed by atoms with van der Waals surface area (Å²) in [4.78, 5) is 14.4. The van der Waals surface area contributed by atoms with Crippen molar-refractivity contribution in [1.29, 1.82) is 0 Å². The predicted octanol–water partition coefficient (Wildman–Crippen LogP) is 1.73. The van der Waals surface area contributed by atoms with E-state index in [1.807, 2.05) is 0 Å². The van der Waals surface area contributed by atoms with Crippen LogP contribution < -0.4 is 0 Å². The zero-order valence-corrected chi connectivity index (χ0v) is 6.74. The number of pyridine rings is 1. The van der Waals surface area contributed by atoms with Crippen molar-refractivity contribution in [1.82, 2.24) is 4.98 Å². The zero-order chi connectivity index (χ0) is 9.14. The Kier molecular flexibility index (Phi) is 2.24. The molecule has 0 amide bonds. The molecule has 1 rings (SSSR count). The molecule has 0 saturated carbocycles. The standard InChI is InChI=1S/C9H9NO2/c1-3-7-6(2)4-10-5-8(7)9(11)12/h3-5H,1H2,2H3,(H,11,12). The van der Waals surface area contributed by atoms with Crippen LogP contribution in [0.4, 0.5) is 0 Å². The normalized spacial score (nSPS) is 9.42. The summed E-state index contributed by atoms with van der Waals surface area (Å²) in [6, 6.07) is 0. The number of carbonyl (C=O) groups is 1. The van der Waals surface area contributed by atoms with Gasteiger partial charge in [-0.25, -0.2) is 4.79 Å². The molecule has 0 aromatic carbocycles. The number of aryl methyl sites for hydroxylation is 1. The average molecular weight is 163 g/mol. The van der Waals surface area contributed by atoms with E-state index < -0.39 is 5.97 Å². The van der Waals surface area contributed by atoms with Gasteiger partial charge in [0.15, 0.2) is 0 Å². The molecule has 1 aromatic heterocycles. The lowest BCUT2D eigenvalue weighted by molar-refractivity contribution is 0.0696. The van der Waals surface area contributed by atoms with Gasteiger partial charge in [-0.2, -0.15) is 0 Å². The largest absolute Gasteiger partial charge is 0.478 e. The lowest BCUT2D eigenvalue weighted by Crippen LogP contribution is -2.01. The third kappa shape index (κ3) is 1.34. The highest BCUT2D eigenvalue weighted by atomic mass is 16.4. The smallest absolute Gasteiger partial charge is 0.337 e.